The Hall–Kier alpha value is -3.36. The van der Waals surface area contributed by atoms with Gasteiger partial charge in [-0.1, -0.05) is 39.3 Å². The zero-order valence-electron chi connectivity index (χ0n) is 26.7. The third-order valence-corrected chi connectivity index (χ3v) is 10.6. The number of morpholine rings is 1. The lowest BCUT2D eigenvalue weighted by atomic mass is 9.86. The van der Waals surface area contributed by atoms with Crippen LogP contribution >= 0.6 is 11.3 Å². The summed E-state index contributed by atoms with van der Waals surface area (Å²) in [5.74, 6) is -0.438. The van der Waals surface area contributed by atoms with Crippen LogP contribution in [0.2, 0.25) is 0 Å². The van der Waals surface area contributed by atoms with E-state index in [4.69, 9.17) is 24.9 Å². The normalized spacial score (nSPS) is 21.4. The van der Waals surface area contributed by atoms with Crippen LogP contribution in [0, 0.1) is 23.7 Å². The van der Waals surface area contributed by atoms with Gasteiger partial charge in [0.25, 0.3) is 0 Å². The number of nitrogens with two attached hydrogens (primary N) is 1. The summed E-state index contributed by atoms with van der Waals surface area (Å²) in [7, 11) is 0. The highest BCUT2D eigenvalue weighted by atomic mass is 32.1. The summed E-state index contributed by atoms with van der Waals surface area (Å²) in [6.07, 6.45) is 9.63. The summed E-state index contributed by atoms with van der Waals surface area (Å²) in [5, 5.41) is 11.1. The number of allylic oxidation sites excluding steroid dienone is 1. The highest BCUT2D eigenvalue weighted by molar-refractivity contribution is 7.17. The van der Waals surface area contributed by atoms with Gasteiger partial charge in [-0.2, -0.15) is 10.2 Å². The summed E-state index contributed by atoms with van der Waals surface area (Å²) >= 11 is 1.06. The van der Waals surface area contributed by atoms with Gasteiger partial charge in [0.15, 0.2) is 0 Å². The fourth-order valence-electron chi connectivity index (χ4n) is 6.71. The van der Waals surface area contributed by atoms with Crippen LogP contribution in [0.1, 0.15) is 91.1 Å². The highest BCUT2D eigenvalue weighted by Crippen LogP contribution is 2.49. The van der Waals surface area contributed by atoms with E-state index < -0.39 is 5.83 Å². The van der Waals surface area contributed by atoms with Crippen LogP contribution in [0.4, 0.5) is 9.39 Å². The number of anilines is 1. The number of benzene rings is 1. The molecule has 0 spiro atoms. The van der Waals surface area contributed by atoms with Gasteiger partial charge in [-0.25, -0.2) is 9.37 Å². The molecule has 2 N–H and O–H groups in total. The molecule has 2 bridgehead atoms. The van der Waals surface area contributed by atoms with Crippen molar-refractivity contribution in [3.63, 3.8) is 0 Å². The number of rotatable bonds is 9. The molecule has 2 aromatic heterocycles. The van der Waals surface area contributed by atoms with Crippen molar-refractivity contribution in [2.75, 3.05) is 32.0 Å². The molecule has 0 radical (unpaired) electrons. The Labute approximate surface area is 268 Å². The number of likely N-dealkylation sites (tertiary alicyclic amines) is 1. The van der Waals surface area contributed by atoms with Crippen molar-refractivity contribution < 1.29 is 18.6 Å². The first kappa shape index (κ1) is 31.6. The largest absolute Gasteiger partial charge is 0.463 e. The summed E-state index contributed by atoms with van der Waals surface area (Å²) in [6.45, 7) is 16.6. The molecule has 2 saturated heterocycles. The first-order chi connectivity index (χ1) is 21.7. The number of hydrogen-bond acceptors (Lipinski definition) is 9. The van der Waals surface area contributed by atoms with Gasteiger partial charge >= 0.3 is 6.01 Å². The molecule has 5 heterocycles. The van der Waals surface area contributed by atoms with E-state index in [1.54, 1.807) is 6.92 Å². The minimum absolute atomic E-state index is 0.142. The van der Waals surface area contributed by atoms with Gasteiger partial charge < -0.3 is 19.9 Å². The second-order valence-corrected chi connectivity index (χ2v) is 13.8. The smallest absolute Gasteiger partial charge is 0.316 e. The molecule has 2 atom stereocenters. The van der Waals surface area contributed by atoms with Gasteiger partial charge in [0.05, 0.1) is 48.5 Å². The van der Waals surface area contributed by atoms with Crippen molar-refractivity contribution in [3.05, 3.63) is 57.1 Å². The summed E-state index contributed by atoms with van der Waals surface area (Å²) in [6, 6.07) is 3.04. The second kappa shape index (κ2) is 12.8. The standard InChI is InChI=1S/C31H32FN5O3S.C4H10/c1-4-24(32)28-26(20(8-33)29(34)41-28)16(2)25-17(3)27-21(22-12-38-13-23(22)25)9-35-30(36-27)40-15-31(5-6-31)14-37-10-19-7-18(37)11-39-19;1-3-4-2/h4,9,18-19H,2,5-7,10-15,34H2,1,3H3;3-4H2,1-2H3/b24-4+;/t18-,19-;/m1./s1. The maximum absolute atomic E-state index is 15.0. The Bertz CT molecular complexity index is 1700. The molecule has 1 aliphatic carbocycles. The monoisotopic (exact) mass is 631 g/mol. The Morgan fingerprint density at radius 1 is 1.29 bits per heavy atom. The van der Waals surface area contributed by atoms with Crippen LogP contribution in [0.5, 0.6) is 6.01 Å². The average Bonchev–Trinajstić information content (AvgIpc) is 3.48. The van der Waals surface area contributed by atoms with Crippen molar-refractivity contribution in [3.8, 4) is 12.1 Å². The van der Waals surface area contributed by atoms with Gasteiger partial charge in [0, 0.05) is 41.7 Å². The van der Waals surface area contributed by atoms with Crippen LogP contribution in [0.25, 0.3) is 22.3 Å². The molecule has 7 rings (SSSR count). The van der Waals surface area contributed by atoms with Gasteiger partial charge in [0.2, 0.25) is 0 Å². The Balaban J connectivity index is 0.000000845. The van der Waals surface area contributed by atoms with E-state index in [0.717, 1.165) is 83.5 Å². The van der Waals surface area contributed by atoms with E-state index >= 15 is 0 Å². The quantitative estimate of drug-likeness (QED) is 0.262. The van der Waals surface area contributed by atoms with E-state index in [1.165, 1.54) is 18.9 Å². The van der Waals surface area contributed by atoms with Gasteiger partial charge in [-0.3, -0.25) is 4.90 Å². The molecule has 3 fully saturated rings. The molecule has 4 aliphatic rings. The molecule has 8 nitrogen and oxygen atoms in total. The Kier molecular flexibility index (Phi) is 8.99. The summed E-state index contributed by atoms with van der Waals surface area (Å²) in [5.41, 5.74) is 11.8. The molecule has 45 heavy (non-hydrogen) atoms. The highest BCUT2D eigenvalue weighted by Gasteiger charge is 2.49. The van der Waals surface area contributed by atoms with Crippen molar-refractivity contribution in [1.82, 2.24) is 14.9 Å². The SMILES string of the molecule is C=C(c1c(/C(F)=C\C)sc(N)c1C#N)c1c2c(c3cnc(OCC4(CN5C[C@H]6C[C@@H]5CO6)CC4)nc3c1C)COC2.CCCC. The summed E-state index contributed by atoms with van der Waals surface area (Å²) < 4.78 is 32.8. The van der Waals surface area contributed by atoms with Crippen molar-refractivity contribution in [1.29, 1.82) is 5.26 Å². The average molecular weight is 632 g/mol. The lowest BCUT2D eigenvalue weighted by molar-refractivity contribution is 0.0176. The molecular weight excluding hydrogens is 589 g/mol. The fourth-order valence-corrected chi connectivity index (χ4v) is 7.72. The number of aryl methyl sites for hydroxylation is 1. The van der Waals surface area contributed by atoms with Crippen LogP contribution in [0.3, 0.4) is 0 Å². The number of unbranched alkanes of at least 4 members (excludes halogenated alkanes) is 1. The summed E-state index contributed by atoms with van der Waals surface area (Å²) in [4.78, 5) is 12.3. The molecule has 1 aromatic carbocycles. The zero-order valence-corrected chi connectivity index (χ0v) is 27.5. The molecule has 3 aromatic rings. The van der Waals surface area contributed by atoms with Gasteiger partial charge in [0.1, 0.15) is 16.9 Å². The number of nitriles is 1. The van der Waals surface area contributed by atoms with E-state index in [1.807, 2.05) is 13.1 Å². The van der Waals surface area contributed by atoms with Crippen molar-refractivity contribution in [2.45, 2.75) is 85.2 Å². The van der Waals surface area contributed by atoms with Gasteiger partial charge in [-0.15, -0.1) is 11.3 Å². The minimum atomic E-state index is -0.438. The number of fused-ring (bicyclic) bond motifs is 5. The molecule has 3 aliphatic heterocycles. The predicted octanol–water partition coefficient (Wildman–Crippen LogP) is 7.31. The minimum Gasteiger partial charge on any atom is -0.463 e. The molecule has 1 saturated carbocycles. The van der Waals surface area contributed by atoms with E-state index in [2.05, 4.69) is 36.4 Å². The number of aromatic nitrogens is 2. The van der Waals surface area contributed by atoms with Gasteiger partial charge in [-0.05, 0) is 60.9 Å². The number of nitrogen functional groups attached to an aromatic ring is 1. The number of ether oxygens (including phenoxy) is 3. The first-order valence-electron chi connectivity index (χ1n) is 16.0. The lowest BCUT2D eigenvalue weighted by Gasteiger charge is -2.30. The number of nitrogens with zero attached hydrogens (tertiary/aromatic N) is 4. The van der Waals surface area contributed by atoms with Crippen LogP contribution < -0.4 is 10.5 Å². The van der Waals surface area contributed by atoms with E-state index in [9.17, 15) is 9.65 Å². The number of halogens is 1. The fraction of sp³-hybridized carbons (Fsp3) is 0.514. The third kappa shape index (κ3) is 5.87. The number of hydrogen-bond donors (Lipinski definition) is 1. The zero-order chi connectivity index (χ0) is 31.9. The lowest BCUT2D eigenvalue weighted by Crippen LogP contribution is -2.42. The molecule has 0 unspecified atom stereocenters. The molecular formula is C35H42FN5O3S. The molecule has 10 heteroatoms. The molecule has 238 valence electrons. The maximum atomic E-state index is 15.0. The van der Waals surface area contributed by atoms with Crippen LogP contribution in [-0.4, -0.2) is 53.3 Å². The Morgan fingerprint density at radius 3 is 2.67 bits per heavy atom. The Morgan fingerprint density at radius 2 is 2.04 bits per heavy atom. The maximum Gasteiger partial charge on any atom is 0.316 e. The topological polar surface area (TPSA) is 107 Å². The van der Waals surface area contributed by atoms with Crippen molar-refractivity contribution >= 4 is 38.6 Å². The first-order valence-corrected chi connectivity index (χ1v) is 16.8. The van der Waals surface area contributed by atoms with Crippen molar-refractivity contribution in [2.24, 2.45) is 5.41 Å². The second-order valence-electron chi connectivity index (χ2n) is 12.7. The number of thiophene rings is 1. The van der Waals surface area contributed by atoms with E-state index in [0.29, 0.717) is 54.0 Å². The third-order valence-electron chi connectivity index (χ3n) is 9.62. The van der Waals surface area contributed by atoms with Crippen LogP contribution in [0.15, 0.2) is 18.9 Å². The van der Waals surface area contributed by atoms with Crippen LogP contribution in [-0.2, 0) is 22.7 Å². The van der Waals surface area contributed by atoms with E-state index in [-0.39, 0.29) is 16.0 Å². The molecule has 0 amide bonds. The predicted molar refractivity (Wildman–Crippen MR) is 177 cm³/mol.